The van der Waals surface area contributed by atoms with Crippen LogP contribution in [0.15, 0.2) is 156 Å². The fourth-order valence-electron chi connectivity index (χ4n) is 11.8. The van der Waals surface area contributed by atoms with Gasteiger partial charge in [0.2, 0.25) is 0 Å². The molecule has 5 aliphatic rings. The molecule has 1 aromatic heterocycles. The third kappa shape index (κ3) is 4.83. The molecule has 1 N–H and O–H groups in total. The highest BCUT2D eigenvalue weighted by Crippen LogP contribution is 2.63. The van der Waals surface area contributed by atoms with Crippen molar-refractivity contribution in [3.05, 3.63) is 217 Å². The van der Waals surface area contributed by atoms with Crippen molar-refractivity contribution in [2.24, 2.45) is 15.9 Å². The molecule has 1 aliphatic heterocycles. The predicted molar refractivity (Wildman–Crippen MR) is 254 cm³/mol. The molecule has 1 spiro atoms. The highest BCUT2D eigenvalue weighted by molar-refractivity contribution is 7.16. The number of thiophene rings is 1. The number of nitrogens with one attached hydrogen (secondary N) is 1. The average Bonchev–Trinajstić information content (AvgIpc) is 3.86. The zero-order valence-electron chi connectivity index (χ0n) is 35.0. The first-order valence-corrected chi connectivity index (χ1v) is 22.1. The van der Waals surface area contributed by atoms with E-state index in [1.54, 1.807) is 11.3 Å². The second kappa shape index (κ2) is 13.2. The summed E-state index contributed by atoms with van der Waals surface area (Å²) in [4.78, 5) is 12.5. The molecule has 294 valence electrons. The average molecular weight is 796 g/mol. The Morgan fingerprint density at radius 1 is 0.800 bits per heavy atom. The van der Waals surface area contributed by atoms with Gasteiger partial charge in [0.25, 0.3) is 0 Å². The van der Waals surface area contributed by atoms with E-state index >= 15 is 0 Å². The van der Waals surface area contributed by atoms with Crippen LogP contribution in [0.3, 0.4) is 0 Å². The Labute approximate surface area is 358 Å². The van der Waals surface area contributed by atoms with Crippen molar-refractivity contribution in [3.63, 3.8) is 0 Å². The Balaban J connectivity index is 1.13. The smallest absolute Gasteiger partial charge is 0.145 e. The number of benzene rings is 5. The van der Waals surface area contributed by atoms with Crippen LogP contribution < -0.4 is 5.32 Å². The molecule has 11 rings (SSSR count). The van der Waals surface area contributed by atoms with Crippen LogP contribution in [-0.4, -0.2) is 12.4 Å². The first kappa shape index (κ1) is 36.9. The summed E-state index contributed by atoms with van der Waals surface area (Å²) in [7, 11) is 0. The summed E-state index contributed by atoms with van der Waals surface area (Å²) in [6.07, 6.45) is 13.3. The molecular weight excluding hydrogens is 747 g/mol. The number of nitrogens with zero attached hydrogens (tertiary/aromatic N) is 2. The zero-order chi connectivity index (χ0) is 41.1. The Bertz CT molecular complexity index is 2910. The maximum Gasteiger partial charge on any atom is 0.145 e. The van der Waals surface area contributed by atoms with E-state index in [4.69, 9.17) is 4.99 Å². The number of aliphatic imine (C=N–C) groups is 2. The molecular formula is C56H49N3S. The van der Waals surface area contributed by atoms with E-state index in [1.807, 2.05) is 6.08 Å². The molecule has 3 nitrogen and oxygen atoms in total. The fraction of sp³-hybridized carbons (Fsp3) is 0.214. The molecule has 5 aromatic carbocycles. The second-order valence-electron chi connectivity index (χ2n) is 18.1. The lowest BCUT2D eigenvalue weighted by atomic mass is 9.55. The van der Waals surface area contributed by atoms with Crippen molar-refractivity contribution in [2.45, 2.75) is 69.5 Å². The molecule has 4 heteroatoms. The summed E-state index contributed by atoms with van der Waals surface area (Å²) >= 11 is 1.78. The fourth-order valence-corrected chi connectivity index (χ4v) is 12.9. The molecule has 2 heterocycles. The number of hydrogen-bond donors (Lipinski definition) is 1. The Kier molecular flexibility index (Phi) is 8.13. The topological polar surface area (TPSA) is 36.8 Å². The lowest BCUT2D eigenvalue weighted by Crippen LogP contribution is -2.40. The number of fused-ring (bicyclic) bond motifs is 13. The van der Waals surface area contributed by atoms with Crippen LogP contribution in [0.4, 0.5) is 5.69 Å². The van der Waals surface area contributed by atoms with Gasteiger partial charge in [0.05, 0.1) is 28.2 Å². The van der Waals surface area contributed by atoms with Gasteiger partial charge in [-0.3, -0.25) is 9.98 Å². The number of rotatable bonds is 6. The molecule has 0 radical (unpaired) electrons. The van der Waals surface area contributed by atoms with Crippen LogP contribution >= 0.6 is 11.3 Å². The van der Waals surface area contributed by atoms with Crippen LogP contribution in [0.5, 0.6) is 0 Å². The number of anilines is 1. The summed E-state index contributed by atoms with van der Waals surface area (Å²) < 4.78 is 0. The number of hydrogen-bond acceptors (Lipinski definition) is 4. The van der Waals surface area contributed by atoms with Gasteiger partial charge in [-0.15, -0.1) is 11.3 Å². The maximum absolute atomic E-state index is 5.72. The molecule has 0 fully saturated rings. The molecule has 6 aromatic rings. The van der Waals surface area contributed by atoms with E-state index in [2.05, 4.69) is 198 Å². The van der Waals surface area contributed by atoms with E-state index in [-0.39, 0.29) is 17.0 Å². The van der Waals surface area contributed by atoms with Crippen molar-refractivity contribution in [1.82, 2.24) is 0 Å². The van der Waals surface area contributed by atoms with Crippen molar-refractivity contribution in [1.29, 1.82) is 0 Å². The zero-order valence-corrected chi connectivity index (χ0v) is 35.8. The highest BCUT2D eigenvalue weighted by Gasteiger charge is 2.54. The quantitative estimate of drug-likeness (QED) is 0.167. The second-order valence-corrected chi connectivity index (χ2v) is 19.2. The maximum atomic E-state index is 5.72. The van der Waals surface area contributed by atoms with Crippen LogP contribution in [0, 0.1) is 5.92 Å². The van der Waals surface area contributed by atoms with Gasteiger partial charge in [0.1, 0.15) is 6.17 Å². The summed E-state index contributed by atoms with van der Waals surface area (Å²) in [6, 6.07) is 41.3. The minimum Gasteiger partial charge on any atom is -0.358 e. The van der Waals surface area contributed by atoms with Crippen LogP contribution in [-0.2, 0) is 22.8 Å². The van der Waals surface area contributed by atoms with E-state index in [1.165, 1.54) is 77.2 Å². The molecule has 4 aliphatic carbocycles. The van der Waals surface area contributed by atoms with E-state index in [0.717, 1.165) is 21.8 Å². The van der Waals surface area contributed by atoms with Gasteiger partial charge in [0, 0.05) is 21.8 Å². The summed E-state index contributed by atoms with van der Waals surface area (Å²) in [5.41, 5.74) is 19.6. The molecule has 3 atom stereocenters. The summed E-state index contributed by atoms with van der Waals surface area (Å²) in [5.74, 6) is 0.686. The first-order chi connectivity index (χ1) is 29.1. The van der Waals surface area contributed by atoms with Crippen molar-refractivity contribution in [2.75, 3.05) is 5.32 Å². The Morgan fingerprint density at radius 2 is 1.48 bits per heavy atom. The Morgan fingerprint density at radius 3 is 2.18 bits per heavy atom. The first-order valence-electron chi connectivity index (χ1n) is 21.3. The van der Waals surface area contributed by atoms with Gasteiger partial charge in [0.15, 0.2) is 0 Å². The number of allylic oxidation sites excluding steroid dienone is 5. The van der Waals surface area contributed by atoms with Crippen LogP contribution in [0.2, 0.25) is 0 Å². The standard InChI is InChI=1S/C56H49N3S/c1-8-17-38-48(9-2)60-52-50(33-26-28-37-36-19-10-11-20-40(36)54(3,4)47(37)31-33)58-53(59-51(38)52)34-27-29-41-39(30-34)49-35(32-57-7)18-16-25-46(49)56(41)44-23-14-12-21-42(44)55(5,6)43-22-13-15-24-45(43)56/h8-31,37,47,53,59H,2,7,32H2,1,3-6H3/b17-8-. The molecule has 60 heavy (non-hydrogen) atoms. The molecule has 3 unspecified atom stereocenters. The van der Waals surface area contributed by atoms with Gasteiger partial charge in [-0.25, -0.2) is 0 Å². The van der Waals surface area contributed by atoms with Gasteiger partial charge in [-0.2, -0.15) is 0 Å². The van der Waals surface area contributed by atoms with Gasteiger partial charge in [-0.05, 0) is 103 Å². The third-order valence-electron chi connectivity index (χ3n) is 14.5. The molecule has 0 saturated carbocycles. The lowest BCUT2D eigenvalue weighted by molar-refractivity contribution is 0.393. The van der Waals surface area contributed by atoms with E-state index in [9.17, 15) is 0 Å². The van der Waals surface area contributed by atoms with E-state index < -0.39 is 5.41 Å². The molecule has 0 bridgehead atoms. The van der Waals surface area contributed by atoms with Gasteiger partial charge >= 0.3 is 0 Å². The summed E-state index contributed by atoms with van der Waals surface area (Å²) in [5, 5.41) is 3.98. The van der Waals surface area contributed by atoms with Crippen molar-refractivity contribution < 1.29 is 0 Å². The normalized spacial score (nSPS) is 21.4. The monoisotopic (exact) mass is 795 g/mol. The van der Waals surface area contributed by atoms with Crippen LogP contribution in [0.1, 0.15) is 118 Å². The summed E-state index contributed by atoms with van der Waals surface area (Å²) in [6.45, 7) is 20.4. The minimum absolute atomic E-state index is 0.00226. The highest BCUT2D eigenvalue weighted by atomic mass is 32.1. The third-order valence-corrected chi connectivity index (χ3v) is 15.7. The lowest BCUT2D eigenvalue weighted by Gasteiger charge is -2.46. The van der Waals surface area contributed by atoms with Gasteiger partial charge in [-0.1, -0.05) is 174 Å². The Hall–Kier alpha value is -6.10. The predicted octanol–water partition coefficient (Wildman–Crippen LogP) is 13.7. The SMILES string of the molecule is C=Cc1sc2c(c1/C=C\C)NC(c1ccc3c(c1)-c1c(CN=C)cccc1C31c3ccccc3C(C)(C)c3ccccc31)N=C2C1=CC2C(C=C1)c1ccccc1C2(C)C. The largest absolute Gasteiger partial charge is 0.358 e. The van der Waals surface area contributed by atoms with Crippen molar-refractivity contribution >= 4 is 41.6 Å². The molecule has 0 saturated heterocycles. The van der Waals surface area contributed by atoms with Crippen molar-refractivity contribution in [3.8, 4) is 11.1 Å². The van der Waals surface area contributed by atoms with E-state index in [0.29, 0.717) is 18.4 Å². The minimum atomic E-state index is -0.490. The molecule has 0 amide bonds. The van der Waals surface area contributed by atoms with Crippen LogP contribution in [0.25, 0.3) is 23.3 Å². The van der Waals surface area contributed by atoms with Gasteiger partial charge < -0.3 is 5.32 Å².